The van der Waals surface area contributed by atoms with Gasteiger partial charge in [-0.3, -0.25) is 4.68 Å². The fraction of sp³-hybridized carbons (Fsp3) is 0.500. The summed E-state index contributed by atoms with van der Waals surface area (Å²) in [7, 11) is 2.71. The second-order valence-corrected chi connectivity index (χ2v) is 3.54. The Morgan fingerprint density at radius 1 is 1.53 bits per heavy atom. The first kappa shape index (κ1) is 13.6. The van der Waals surface area contributed by atoms with Crippen molar-refractivity contribution in [1.82, 2.24) is 20.4 Å². The summed E-state index contributed by atoms with van der Waals surface area (Å²) in [4.78, 5) is 10.9. The summed E-state index contributed by atoms with van der Waals surface area (Å²) < 4.78 is 38.3. The number of halogens is 4. The van der Waals surface area contributed by atoms with E-state index >= 15 is 0 Å². The summed E-state index contributed by atoms with van der Waals surface area (Å²) >= 11 is 5.57. The van der Waals surface area contributed by atoms with E-state index in [0.29, 0.717) is 0 Å². The number of carbonyl (C=O) groups excluding carboxylic acids is 1. The molecule has 1 aromatic rings. The van der Waals surface area contributed by atoms with Crippen molar-refractivity contribution >= 4 is 17.6 Å². The van der Waals surface area contributed by atoms with Gasteiger partial charge in [-0.25, -0.2) is 4.79 Å². The van der Waals surface area contributed by atoms with Crippen molar-refractivity contribution < 1.29 is 18.0 Å². The van der Waals surface area contributed by atoms with Crippen LogP contribution in [0.15, 0.2) is 0 Å². The lowest BCUT2D eigenvalue weighted by atomic mass is 10.3. The predicted octanol–water partition coefficient (Wildman–Crippen LogP) is 1.52. The number of aromatic nitrogens is 2. The van der Waals surface area contributed by atoms with Crippen LogP contribution in [0.3, 0.4) is 0 Å². The number of nitrogens with zero attached hydrogens (tertiary/aromatic N) is 2. The number of aryl methyl sites for hydroxylation is 1. The fourth-order valence-corrected chi connectivity index (χ4v) is 1.49. The highest BCUT2D eigenvalue weighted by atomic mass is 35.5. The first-order valence-electron chi connectivity index (χ1n) is 4.51. The van der Waals surface area contributed by atoms with Gasteiger partial charge < -0.3 is 10.6 Å². The number of hydrogen-bond acceptors (Lipinski definition) is 2. The zero-order chi connectivity index (χ0) is 13.2. The lowest BCUT2D eigenvalue weighted by molar-refractivity contribution is -0.141. The molecule has 0 fully saturated rings. The van der Waals surface area contributed by atoms with Crippen molar-refractivity contribution in [3.8, 4) is 0 Å². The smallest absolute Gasteiger partial charge is 0.341 e. The lowest BCUT2D eigenvalue weighted by Crippen LogP contribution is -2.32. The Bertz CT molecular complexity index is 429. The Labute approximate surface area is 99.9 Å². The first-order valence-corrected chi connectivity index (χ1v) is 4.89. The Morgan fingerprint density at radius 3 is 2.53 bits per heavy atom. The van der Waals surface area contributed by atoms with Gasteiger partial charge in [-0.05, 0) is 0 Å². The van der Waals surface area contributed by atoms with Gasteiger partial charge in [-0.1, -0.05) is 11.6 Å². The van der Waals surface area contributed by atoms with Crippen molar-refractivity contribution in [2.24, 2.45) is 7.05 Å². The van der Waals surface area contributed by atoms with Crippen molar-refractivity contribution in [2.75, 3.05) is 7.05 Å². The second-order valence-electron chi connectivity index (χ2n) is 3.16. The molecule has 1 heterocycles. The van der Waals surface area contributed by atoms with Gasteiger partial charge in [0.1, 0.15) is 0 Å². The molecule has 0 radical (unpaired) electrons. The van der Waals surface area contributed by atoms with Gasteiger partial charge >= 0.3 is 12.2 Å². The second kappa shape index (κ2) is 4.82. The molecule has 0 aliphatic rings. The average Bonchev–Trinajstić information content (AvgIpc) is 2.51. The van der Waals surface area contributed by atoms with Gasteiger partial charge in [0.25, 0.3) is 0 Å². The monoisotopic (exact) mass is 270 g/mol. The van der Waals surface area contributed by atoms with Gasteiger partial charge in [0, 0.05) is 14.1 Å². The molecule has 2 N–H and O–H groups in total. The van der Waals surface area contributed by atoms with Crippen LogP contribution in [0.5, 0.6) is 0 Å². The lowest BCUT2D eigenvalue weighted by Gasteiger charge is -2.05. The molecule has 0 spiro atoms. The summed E-state index contributed by atoms with van der Waals surface area (Å²) in [6, 6.07) is -0.518. The number of nitrogens with one attached hydrogen (secondary N) is 2. The maximum Gasteiger partial charge on any atom is 0.436 e. The van der Waals surface area contributed by atoms with Crippen molar-refractivity contribution in [2.45, 2.75) is 12.7 Å². The van der Waals surface area contributed by atoms with Crippen LogP contribution in [0.4, 0.5) is 18.0 Å². The summed E-state index contributed by atoms with van der Waals surface area (Å²) in [5.74, 6) is 0. The van der Waals surface area contributed by atoms with Gasteiger partial charge in [0.05, 0.1) is 17.3 Å². The molecule has 17 heavy (non-hydrogen) atoms. The van der Waals surface area contributed by atoms with Crippen molar-refractivity contribution in [3.05, 3.63) is 16.4 Å². The maximum absolute atomic E-state index is 12.4. The van der Waals surface area contributed by atoms with E-state index < -0.39 is 22.9 Å². The standard InChI is InChI=1S/C8H10ClF3N4O/c1-13-7(17)14-3-4-5(9)6(8(10,11)12)15-16(4)2/h3H2,1-2H3,(H2,13,14,17). The van der Waals surface area contributed by atoms with E-state index in [2.05, 4.69) is 15.7 Å². The predicted molar refractivity (Wildman–Crippen MR) is 54.5 cm³/mol. The molecular formula is C8H10ClF3N4O. The van der Waals surface area contributed by atoms with Gasteiger partial charge in [0.15, 0.2) is 5.69 Å². The largest absolute Gasteiger partial charge is 0.436 e. The van der Waals surface area contributed by atoms with E-state index in [1.54, 1.807) is 0 Å². The SMILES string of the molecule is CNC(=O)NCc1c(Cl)c(C(F)(F)F)nn1C. The average molecular weight is 271 g/mol. The Hall–Kier alpha value is -1.44. The molecule has 0 saturated carbocycles. The van der Waals surface area contributed by atoms with Crippen LogP contribution in [0.1, 0.15) is 11.4 Å². The van der Waals surface area contributed by atoms with Crippen LogP contribution in [0.25, 0.3) is 0 Å². The quantitative estimate of drug-likeness (QED) is 0.856. The summed E-state index contributed by atoms with van der Waals surface area (Å²) in [6.07, 6.45) is -4.61. The van der Waals surface area contributed by atoms with Gasteiger partial charge in [-0.15, -0.1) is 0 Å². The zero-order valence-corrected chi connectivity index (χ0v) is 9.78. The summed E-state index contributed by atoms with van der Waals surface area (Å²) in [5.41, 5.74) is -1.07. The summed E-state index contributed by atoms with van der Waals surface area (Å²) in [5, 5.41) is 7.37. The third kappa shape index (κ3) is 3.02. The Kier molecular flexibility index (Phi) is 3.87. The number of alkyl halides is 3. The Morgan fingerprint density at radius 2 is 2.12 bits per heavy atom. The van der Waals surface area contributed by atoms with E-state index in [0.717, 1.165) is 4.68 Å². The number of rotatable bonds is 2. The van der Waals surface area contributed by atoms with E-state index in [9.17, 15) is 18.0 Å². The maximum atomic E-state index is 12.4. The molecule has 0 aliphatic carbocycles. The van der Waals surface area contributed by atoms with Gasteiger partial charge in [0.2, 0.25) is 0 Å². The van der Waals surface area contributed by atoms with E-state index in [1.165, 1.54) is 14.1 Å². The molecule has 0 bridgehead atoms. The highest BCUT2D eigenvalue weighted by molar-refractivity contribution is 6.32. The fourth-order valence-electron chi connectivity index (χ4n) is 1.16. The minimum absolute atomic E-state index is 0.0857. The van der Waals surface area contributed by atoms with E-state index in [4.69, 9.17) is 11.6 Å². The van der Waals surface area contributed by atoms with Crippen LogP contribution in [-0.2, 0) is 19.8 Å². The molecule has 1 rings (SSSR count). The zero-order valence-electron chi connectivity index (χ0n) is 9.02. The molecule has 96 valence electrons. The molecule has 9 heteroatoms. The molecule has 5 nitrogen and oxygen atoms in total. The summed E-state index contributed by atoms with van der Waals surface area (Å²) in [6.45, 7) is -0.141. The topological polar surface area (TPSA) is 59.0 Å². The van der Waals surface area contributed by atoms with E-state index in [1.807, 2.05) is 0 Å². The minimum atomic E-state index is -4.61. The third-order valence-electron chi connectivity index (χ3n) is 2.01. The van der Waals surface area contributed by atoms with Crippen LogP contribution in [0, 0.1) is 0 Å². The van der Waals surface area contributed by atoms with Crippen molar-refractivity contribution in [3.63, 3.8) is 0 Å². The van der Waals surface area contributed by atoms with Crippen LogP contribution < -0.4 is 10.6 Å². The first-order chi connectivity index (χ1) is 7.77. The Balaban J connectivity index is 2.94. The molecule has 0 saturated heterocycles. The highest BCUT2D eigenvalue weighted by Crippen LogP contribution is 2.35. The van der Waals surface area contributed by atoms with Crippen LogP contribution in [0.2, 0.25) is 5.02 Å². The molecular weight excluding hydrogens is 261 g/mol. The number of urea groups is 1. The molecule has 0 atom stereocenters. The molecule has 0 unspecified atom stereocenters. The highest BCUT2D eigenvalue weighted by Gasteiger charge is 2.38. The van der Waals surface area contributed by atoms with Crippen LogP contribution >= 0.6 is 11.6 Å². The molecule has 0 aliphatic heterocycles. The molecule has 1 aromatic heterocycles. The van der Waals surface area contributed by atoms with Crippen molar-refractivity contribution in [1.29, 1.82) is 0 Å². The number of amides is 2. The number of hydrogen-bond donors (Lipinski definition) is 2. The van der Waals surface area contributed by atoms with Crippen LogP contribution in [-0.4, -0.2) is 22.9 Å². The van der Waals surface area contributed by atoms with Gasteiger partial charge in [-0.2, -0.15) is 18.3 Å². The third-order valence-corrected chi connectivity index (χ3v) is 2.41. The van der Waals surface area contributed by atoms with E-state index in [-0.39, 0.29) is 12.2 Å². The number of carbonyl (C=O) groups is 1. The minimum Gasteiger partial charge on any atom is -0.341 e. The molecule has 0 aromatic carbocycles. The normalized spacial score (nSPS) is 11.4. The molecule has 2 amide bonds.